The van der Waals surface area contributed by atoms with Crippen LogP contribution in [0.2, 0.25) is 0 Å². The van der Waals surface area contributed by atoms with Crippen LogP contribution in [0.4, 0.5) is 0 Å². The first-order chi connectivity index (χ1) is 14.5. The average molecular weight is 473 g/mol. The number of allylic oxidation sites excluding steroid dienone is 1. The number of likely N-dealkylation sites (N-methyl/N-ethyl adjacent to an activating group) is 1. The van der Waals surface area contributed by atoms with Gasteiger partial charge in [0.15, 0.2) is 11.5 Å². The highest BCUT2D eigenvalue weighted by Crippen LogP contribution is 2.38. The summed E-state index contributed by atoms with van der Waals surface area (Å²) in [5.41, 5.74) is 0.844. The lowest BCUT2D eigenvalue weighted by molar-refractivity contribution is -0.129. The molecule has 1 aliphatic rings. The van der Waals surface area contributed by atoms with Crippen LogP contribution in [-0.4, -0.2) is 52.8 Å². The quantitative estimate of drug-likeness (QED) is 0.548. The Morgan fingerprint density at radius 3 is 2.67 bits per heavy atom. The van der Waals surface area contributed by atoms with Crippen molar-refractivity contribution in [2.75, 3.05) is 26.2 Å². The lowest BCUT2D eigenvalue weighted by atomic mass is 9.96. The minimum Gasteiger partial charge on any atom is -0.503 e. The van der Waals surface area contributed by atoms with Gasteiger partial charge in [-0.15, -0.1) is 0 Å². The first kappa shape index (κ1) is 22.1. The Labute approximate surface area is 184 Å². The molecule has 2 heterocycles. The van der Waals surface area contributed by atoms with E-state index >= 15 is 0 Å². The van der Waals surface area contributed by atoms with Crippen LogP contribution >= 0.6 is 15.9 Å². The van der Waals surface area contributed by atoms with Gasteiger partial charge in [0.2, 0.25) is 0 Å². The largest absolute Gasteiger partial charge is 0.503 e. The number of hydrogen-bond acceptors (Lipinski definition) is 5. The van der Waals surface area contributed by atoms with Crippen molar-refractivity contribution in [2.45, 2.75) is 19.9 Å². The van der Waals surface area contributed by atoms with E-state index < -0.39 is 23.5 Å². The predicted molar refractivity (Wildman–Crippen MR) is 119 cm³/mol. The zero-order chi connectivity index (χ0) is 21.7. The van der Waals surface area contributed by atoms with Crippen molar-refractivity contribution in [3.63, 3.8) is 0 Å². The predicted octanol–water partition coefficient (Wildman–Crippen LogP) is 4.36. The lowest BCUT2D eigenvalue weighted by Gasteiger charge is -2.29. The van der Waals surface area contributed by atoms with E-state index in [4.69, 9.17) is 4.42 Å². The molecule has 2 aromatic rings. The normalized spacial score (nSPS) is 17.0. The summed E-state index contributed by atoms with van der Waals surface area (Å²) in [6.07, 6.45) is 4.37. The second-order valence-electron chi connectivity index (χ2n) is 6.96. The van der Waals surface area contributed by atoms with Gasteiger partial charge in [-0.25, -0.2) is 0 Å². The van der Waals surface area contributed by atoms with Crippen molar-refractivity contribution in [1.29, 1.82) is 0 Å². The van der Waals surface area contributed by atoms with E-state index in [0.29, 0.717) is 18.8 Å². The monoisotopic (exact) mass is 472 g/mol. The van der Waals surface area contributed by atoms with Gasteiger partial charge in [0.25, 0.3) is 5.91 Å². The standard InChI is InChI=1S/C23H25BrN2O4/c1-3-25(4-2)12-13-26-21(16-7-5-8-17(24)15-16)20(22(28)23(26)29)19(27)11-10-18-9-6-14-30-18/h5-11,14-15,21,28H,3-4,12-13H2,1-2H3/b11-10+. The fraction of sp³-hybridized carbons (Fsp3) is 0.304. The van der Waals surface area contributed by atoms with Gasteiger partial charge in [0.1, 0.15) is 5.76 Å². The molecule has 0 spiro atoms. The Bertz CT molecular complexity index is 961. The number of halogens is 1. The molecule has 0 fully saturated rings. The third kappa shape index (κ3) is 4.74. The maximum atomic E-state index is 13.0. The van der Waals surface area contributed by atoms with Crippen LogP contribution < -0.4 is 0 Å². The number of furan rings is 1. The topological polar surface area (TPSA) is 74.0 Å². The van der Waals surface area contributed by atoms with Crippen LogP contribution in [-0.2, 0) is 9.59 Å². The summed E-state index contributed by atoms with van der Waals surface area (Å²) in [4.78, 5) is 29.7. The Balaban J connectivity index is 1.95. The molecule has 3 rings (SSSR count). The number of aliphatic hydroxyl groups is 1. The molecule has 1 aromatic heterocycles. The number of ketones is 1. The molecule has 0 radical (unpaired) electrons. The van der Waals surface area contributed by atoms with Crippen molar-refractivity contribution in [3.05, 3.63) is 75.9 Å². The molecule has 0 bridgehead atoms. The van der Waals surface area contributed by atoms with Gasteiger partial charge >= 0.3 is 0 Å². The SMILES string of the molecule is CCN(CC)CCN1C(=O)C(O)=C(C(=O)/C=C/c2ccco2)C1c1cccc(Br)c1. The first-order valence-electron chi connectivity index (χ1n) is 9.94. The highest BCUT2D eigenvalue weighted by molar-refractivity contribution is 9.10. The maximum absolute atomic E-state index is 13.0. The van der Waals surface area contributed by atoms with Crippen LogP contribution in [0.15, 0.2) is 69.0 Å². The average Bonchev–Trinajstić information content (AvgIpc) is 3.34. The van der Waals surface area contributed by atoms with E-state index in [-0.39, 0.29) is 5.57 Å². The zero-order valence-electron chi connectivity index (χ0n) is 17.0. The highest BCUT2D eigenvalue weighted by atomic mass is 79.9. The fourth-order valence-corrected chi connectivity index (χ4v) is 4.00. The third-order valence-electron chi connectivity index (χ3n) is 5.23. The summed E-state index contributed by atoms with van der Waals surface area (Å²) in [6, 6.07) is 10.2. The van der Waals surface area contributed by atoms with E-state index in [1.165, 1.54) is 18.4 Å². The Morgan fingerprint density at radius 2 is 2.03 bits per heavy atom. The molecule has 0 aliphatic carbocycles. The number of benzene rings is 1. The van der Waals surface area contributed by atoms with Gasteiger partial charge in [0, 0.05) is 17.6 Å². The summed E-state index contributed by atoms with van der Waals surface area (Å²) >= 11 is 3.46. The van der Waals surface area contributed by atoms with Crippen molar-refractivity contribution >= 4 is 33.7 Å². The van der Waals surface area contributed by atoms with Crippen molar-refractivity contribution in [1.82, 2.24) is 9.80 Å². The summed E-state index contributed by atoms with van der Waals surface area (Å²) in [5, 5.41) is 10.6. The van der Waals surface area contributed by atoms with Crippen LogP contribution in [0.5, 0.6) is 0 Å². The molecule has 1 aliphatic heterocycles. The smallest absolute Gasteiger partial charge is 0.290 e. The van der Waals surface area contributed by atoms with Gasteiger partial charge in [0.05, 0.1) is 17.9 Å². The van der Waals surface area contributed by atoms with Gasteiger partial charge in [-0.05, 0) is 55.1 Å². The minimum absolute atomic E-state index is 0.0838. The second-order valence-corrected chi connectivity index (χ2v) is 7.87. The summed E-state index contributed by atoms with van der Waals surface area (Å²) in [6.45, 7) is 6.89. The Morgan fingerprint density at radius 1 is 1.27 bits per heavy atom. The minimum atomic E-state index is -0.653. The molecular formula is C23H25BrN2O4. The molecule has 1 unspecified atom stereocenters. The van der Waals surface area contributed by atoms with Gasteiger partial charge in [-0.3, -0.25) is 9.59 Å². The van der Waals surface area contributed by atoms with Crippen LogP contribution in [0.25, 0.3) is 6.08 Å². The van der Waals surface area contributed by atoms with Gasteiger partial charge < -0.3 is 19.3 Å². The first-order valence-corrected chi connectivity index (χ1v) is 10.7. The second kappa shape index (κ2) is 9.91. The molecule has 1 atom stereocenters. The van der Waals surface area contributed by atoms with E-state index in [0.717, 1.165) is 23.1 Å². The molecule has 7 heteroatoms. The number of carbonyl (C=O) groups is 2. The molecule has 158 valence electrons. The van der Waals surface area contributed by atoms with E-state index in [9.17, 15) is 14.7 Å². The molecule has 0 saturated carbocycles. The highest BCUT2D eigenvalue weighted by Gasteiger charge is 2.42. The van der Waals surface area contributed by atoms with Crippen LogP contribution in [0.3, 0.4) is 0 Å². The van der Waals surface area contributed by atoms with Crippen molar-refractivity contribution in [2.24, 2.45) is 0 Å². The van der Waals surface area contributed by atoms with E-state index in [1.54, 1.807) is 17.0 Å². The molecule has 1 aromatic carbocycles. The van der Waals surface area contributed by atoms with Crippen LogP contribution in [0, 0.1) is 0 Å². The third-order valence-corrected chi connectivity index (χ3v) is 5.72. The van der Waals surface area contributed by atoms with Gasteiger partial charge in [-0.1, -0.05) is 41.9 Å². The lowest BCUT2D eigenvalue weighted by Crippen LogP contribution is -2.38. The fourth-order valence-electron chi connectivity index (χ4n) is 3.58. The molecular weight excluding hydrogens is 448 g/mol. The van der Waals surface area contributed by atoms with E-state index in [1.807, 2.05) is 24.3 Å². The zero-order valence-corrected chi connectivity index (χ0v) is 18.6. The van der Waals surface area contributed by atoms with Crippen molar-refractivity contribution < 1.29 is 19.1 Å². The molecule has 6 nitrogen and oxygen atoms in total. The number of carbonyl (C=O) groups excluding carboxylic acids is 2. The molecule has 30 heavy (non-hydrogen) atoms. The maximum Gasteiger partial charge on any atom is 0.290 e. The summed E-state index contributed by atoms with van der Waals surface area (Å²) < 4.78 is 6.06. The van der Waals surface area contributed by atoms with Gasteiger partial charge in [-0.2, -0.15) is 0 Å². The molecule has 1 amide bonds. The summed E-state index contributed by atoms with van der Waals surface area (Å²) in [5.74, 6) is -0.923. The number of rotatable bonds is 9. The summed E-state index contributed by atoms with van der Waals surface area (Å²) in [7, 11) is 0. The molecule has 0 saturated heterocycles. The Hall–Kier alpha value is -2.64. The number of nitrogens with zero attached hydrogens (tertiary/aromatic N) is 2. The van der Waals surface area contributed by atoms with Crippen molar-refractivity contribution in [3.8, 4) is 0 Å². The number of amides is 1. The molecule has 1 N–H and O–H groups in total. The number of hydrogen-bond donors (Lipinski definition) is 1. The Kier molecular flexibility index (Phi) is 7.29. The van der Waals surface area contributed by atoms with E-state index in [2.05, 4.69) is 34.7 Å². The van der Waals surface area contributed by atoms with Crippen LogP contribution in [0.1, 0.15) is 31.2 Å². The number of aliphatic hydroxyl groups excluding tert-OH is 1.